The largest absolute Gasteiger partial charge is 0.327 e. The summed E-state index contributed by atoms with van der Waals surface area (Å²) in [6.07, 6.45) is 4.42. The zero-order chi connectivity index (χ0) is 8.55. The molecule has 1 saturated heterocycles. The topological polar surface area (TPSA) is 29.3 Å². The van der Waals surface area contributed by atoms with Crippen LogP contribution in [0.2, 0.25) is 0 Å². The fourth-order valence-electron chi connectivity index (χ4n) is 2.89. The zero-order valence-corrected chi connectivity index (χ0v) is 8.00. The van der Waals surface area contributed by atoms with E-state index < -0.39 is 0 Å². The van der Waals surface area contributed by atoms with Gasteiger partial charge in [0.05, 0.1) is 0 Å². The van der Waals surface area contributed by atoms with E-state index in [0.717, 1.165) is 18.4 Å². The van der Waals surface area contributed by atoms with Gasteiger partial charge in [0.2, 0.25) is 0 Å². The van der Waals surface area contributed by atoms with Crippen molar-refractivity contribution in [3.63, 3.8) is 0 Å². The van der Waals surface area contributed by atoms with Crippen LogP contribution < -0.4 is 5.73 Å². The molecule has 2 nitrogen and oxygen atoms in total. The molecule has 0 spiro atoms. The fraction of sp³-hybridized carbons (Fsp3) is 1.00. The number of hydrogen-bond acceptors (Lipinski definition) is 2. The van der Waals surface area contributed by atoms with Crippen molar-refractivity contribution in [2.75, 3.05) is 19.6 Å². The molecule has 70 valence electrons. The molecule has 0 aromatic carbocycles. The summed E-state index contributed by atoms with van der Waals surface area (Å²) in [4.78, 5) is 2.55. The van der Waals surface area contributed by atoms with Gasteiger partial charge in [-0.1, -0.05) is 6.42 Å². The summed E-state index contributed by atoms with van der Waals surface area (Å²) in [5.41, 5.74) is 5.78. The molecule has 0 aromatic heterocycles. The SMILES string of the molecule is C[C@H](N)CN1CC2CCCC2C1. The highest BCUT2D eigenvalue weighted by Crippen LogP contribution is 2.37. The van der Waals surface area contributed by atoms with E-state index in [4.69, 9.17) is 5.73 Å². The Kier molecular flexibility index (Phi) is 2.37. The van der Waals surface area contributed by atoms with Crippen molar-refractivity contribution in [1.82, 2.24) is 4.90 Å². The first-order valence-corrected chi connectivity index (χ1v) is 5.23. The molecule has 0 radical (unpaired) electrons. The standard InChI is InChI=1S/C10H20N2/c1-8(11)5-12-6-9-3-2-4-10(9)7-12/h8-10H,2-7,11H2,1H3/t8-,9?,10?/m0/s1. The maximum absolute atomic E-state index is 5.78. The molecule has 0 aromatic rings. The Labute approximate surface area is 75.1 Å². The van der Waals surface area contributed by atoms with Crippen LogP contribution in [0, 0.1) is 11.8 Å². The van der Waals surface area contributed by atoms with Gasteiger partial charge in [-0.05, 0) is 31.6 Å². The number of fused-ring (bicyclic) bond motifs is 1. The van der Waals surface area contributed by atoms with Crippen LogP contribution in [0.4, 0.5) is 0 Å². The van der Waals surface area contributed by atoms with Crippen molar-refractivity contribution in [3.8, 4) is 0 Å². The Morgan fingerprint density at radius 2 is 1.92 bits per heavy atom. The summed E-state index contributed by atoms with van der Waals surface area (Å²) >= 11 is 0. The number of likely N-dealkylation sites (tertiary alicyclic amines) is 1. The fourth-order valence-corrected chi connectivity index (χ4v) is 2.89. The lowest BCUT2D eigenvalue weighted by Gasteiger charge is -2.18. The van der Waals surface area contributed by atoms with Crippen molar-refractivity contribution in [3.05, 3.63) is 0 Å². The smallest absolute Gasteiger partial charge is 0.0139 e. The average Bonchev–Trinajstić information content (AvgIpc) is 2.43. The molecule has 1 aliphatic heterocycles. The molecule has 2 heteroatoms. The van der Waals surface area contributed by atoms with E-state index in [9.17, 15) is 0 Å². The van der Waals surface area contributed by atoms with E-state index in [2.05, 4.69) is 11.8 Å². The Morgan fingerprint density at radius 1 is 1.33 bits per heavy atom. The van der Waals surface area contributed by atoms with Crippen molar-refractivity contribution in [2.24, 2.45) is 17.6 Å². The predicted octanol–water partition coefficient (Wildman–Crippen LogP) is 1.07. The van der Waals surface area contributed by atoms with Crippen molar-refractivity contribution in [1.29, 1.82) is 0 Å². The molecule has 0 bridgehead atoms. The van der Waals surface area contributed by atoms with Gasteiger partial charge in [0.25, 0.3) is 0 Å². The second kappa shape index (κ2) is 3.35. The maximum atomic E-state index is 5.78. The van der Waals surface area contributed by atoms with Crippen LogP contribution in [-0.4, -0.2) is 30.6 Å². The zero-order valence-electron chi connectivity index (χ0n) is 8.00. The van der Waals surface area contributed by atoms with Crippen LogP contribution in [0.25, 0.3) is 0 Å². The molecule has 2 fully saturated rings. The second-order valence-electron chi connectivity index (χ2n) is 4.65. The third-order valence-electron chi connectivity index (χ3n) is 3.35. The molecule has 2 aliphatic rings. The van der Waals surface area contributed by atoms with E-state index in [1.165, 1.54) is 32.4 Å². The van der Waals surface area contributed by atoms with E-state index in [1.54, 1.807) is 0 Å². The first-order valence-electron chi connectivity index (χ1n) is 5.23. The summed E-state index contributed by atoms with van der Waals surface area (Å²) in [6, 6.07) is 0.351. The lowest BCUT2D eigenvalue weighted by atomic mass is 10.0. The third kappa shape index (κ3) is 1.64. The van der Waals surface area contributed by atoms with Gasteiger partial charge in [-0.15, -0.1) is 0 Å². The third-order valence-corrected chi connectivity index (χ3v) is 3.35. The molecule has 2 N–H and O–H groups in total. The quantitative estimate of drug-likeness (QED) is 0.668. The lowest BCUT2D eigenvalue weighted by molar-refractivity contribution is 0.296. The molecule has 1 aliphatic carbocycles. The molecule has 0 amide bonds. The van der Waals surface area contributed by atoms with E-state index >= 15 is 0 Å². The number of rotatable bonds is 2. The van der Waals surface area contributed by atoms with Gasteiger partial charge in [0.1, 0.15) is 0 Å². The van der Waals surface area contributed by atoms with Crippen LogP contribution in [0.15, 0.2) is 0 Å². The van der Waals surface area contributed by atoms with Crippen LogP contribution >= 0.6 is 0 Å². The minimum Gasteiger partial charge on any atom is -0.327 e. The van der Waals surface area contributed by atoms with Crippen LogP contribution in [-0.2, 0) is 0 Å². The number of hydrogen-bond donors (Lipinski definition) is 1. The second-order valence-corrected chi connectivity index (χ2v) is 4.65. The Bertz CT molecular complexity index is 144. The van der Waals surface area contributed by atoms with E-state index in [1.807, 2.05) is 0 Å². The van der Waals surface area contributed by atoms with Gasteiger partial charge in [-0.25, -0.2) is 0 Å². The highest BCUT2D eigenvalue weighted by Gasteiger charge is 2.35. The summed E-state index contributed by atoms with van der Waals surface area (Å²) in [6.45, 7) is 5.86. The molecule has 3 atom stereocenters. The van der Waals surface area contributed by atoms with Gasteiger partial charge in [-0.2, -0.15) is 0 Å². The normalized spacial score (nSPS) is 38.5. The van der Waals surface area contributed by atoms with E-state index in [-0.39, 0.29) is 0 Å². The Hall–Kier alpha value is -0.0800. The molecule has 1 heterocycles. The summed E-state index contributed by atoms with van der Waals surface area (Å²) in [7, 11) is 0. The number of nitrogens with two attached hydrogens (primary N) is 1. The highest BCUT2D eigenvalue weighted by atomic mass is 15.2. The first-order chi connectivity index (χ1) is 5.75. The van der Waals surface area contributed by atoms with Gasteiger partial charge >= 0.3 is 0 Å². The van der Waals surface area contributed by atoms with Crippen LogP contribution in [0.3, 0.4) is 0 Å². The summed E-state index contributed by atoms with van der Waals surface area (Å²) < 4.78 is 0. The maximum Gasteiger partial charge on any atom is 0.0139 e. The highest BCUT2D eigenvalue weighted by molar-refractivity contribution is 4.88. The minimum absolute atomic E-state index is 0.351. The minimum atomic E-state index is 0.351. The Balaban J connectivity index is 1.82. The summed E-state index contributed by atoms with van der Waals surface area (Å²) in [5.74, 6) is 2.03. The summed E-state index contributed by atoms with van der Waals surface area (Å²) in [5, 5.41) is 0. The van der Waals surface area contributed by atoms with Gasteiger partial charge < -0.3 is 10.6 Å². The molecule has 12 heavy (non-hydrogen) atoms. The molecular formula is C10H20N2. The molecule has 2 rings (SSSR count). The average molecular weight is 168 g/mol. The molecule has 2 unspecified atom stereocenters. The van der Waals surface area contributed by atoms with Crippen LogP contribution in [0.5, 0.6) is 0 Å². The van der Waals surface area contributed by atoms with E-state index in [0.29, 0.717) is 6.04 Å². The molecule has 1 saturated carbocycles. The van der Waals surface area contributed by atoms with Gasteiger partial charge in [0.15, 0.2) is 0 Å². The monoisotopic (exact) mass is 168 g/mol. The number of nitrogens with zero attached hydrogens (tertiary/aromatic N) is 1. The Morgan fingerprint density at radius 3 is 2.42 bits per heavy atom. The first kappa shape index (κ1) is 8.52. The van der Waals surface area contributed by atoms with Crippen molar-refractivity contribution in [2.45, 2.75) is 32.2 Å². The van der Waals surface area contributed by atoms with Crippen LogP contribution in [0.1, 0.15) is 26.2 Å². The molecular weight excluding hydrogens is 148 g/mol. The van der Waals surface area contributed by atoms with Crippen molar-refractivity contribution >= 4 is 0 Å². The predicted molar refractivity (Wildman–Crippen MR) is 50.9 cm³/mol. The van der Waals surface area contributed by atoms with Crippen molar-refractivity contribution < 1.29 is 0 Å². The van der Waals surface area contributed by atoms with Gasteiger partial charge in [-0.3, -0.25) is 0 Å². The lowest BCUT2D eigenvalue weighted by Crippen LogP contribution is -2.34. The van der Waals surface area contributed by atoms with Gasteiger partial charge in [0, 0.05) is 25.7 Å².